The minimum absolute atomic E-state index is 0.667. The van der Waals surface area contributed by atoms with E-state index in [1.54, 1.807) is 0 Å². The van der Waals surface area contributed by atoms with E-state index in [0.29, 0.717) is 6.54 Å². The fourth-order valence-electron chi connectivity index (χ4n) is 2.06. The Kier molecular flexibility index (Phi) is 3.55. The molecule has 0 radical (unpaired) electrons. The van der Waals surface area contributed by atoms with Gasteiger partial charge in [0.25, 0.3) is 0 Å². The normalized spacial score (nSPS) is 10.4. The van der Waals surface area contributed by atoms with Crippen molar-refractivity contribution < 1.29 is 0 Å². The first-order valence-corrected chi connectivity index (χ1v) is 6.03. The molecule has 0 aliphatic rings. The van der Waals surface area contributed by atoms with Gasteiger partial charge in [-0.25, -0.2) is 4.99 Å². The molecule has 4 heteroatoms. The van der Waals surface area contributed by atoms with E-state index in [9.17, 15) is 0 Å². The fourth-order valence-corrected chi connectivity index (χ4v) is 2.06. The van der Waals surface area contributed by atoms with Crippen LogP contribution in [0.3, 0.4) is 0 Å². The van der Waals surface area contributed by atoms with Gasteiger partial charge in [0.05, 0.1) is 6.54 Å². The first-order chi connectivity index (χ1) is 8.58. The largest absolute Gasteiger partial charge is 0.357 e. The molecule has 0 aliphatic carbocycles. The first kappa shape index (κ1) is 12.5. The number of aromatic amines is 1. The molecule has 0 fully saturated rings. The van der Waals surface area contributed by atoms with Crippen LogP contribution in [-0.2, 0) is 6.54 Å². The topological polar surface area (TPSA) is 34.6 Å². The lowest BCUT2D eigenvalue weighted by molar-refractivity contribution is 0.479. The Morgan fingerprint density at radius 3 is 2.39 bits per heavy atom. The summed E-state index contributed by atoms with van der Waals surface area (Å²) < 4.78 is 0. The molecule has 0 atom stereocenters. The van der Waals surface area contributed by atoms with E-state index in [1.807, 2.05) is 50.1 Å². The molecule has 2 aromatic rings. The molecule has 18 heavy (non-hydrogen) atoms. The number of aromatic nitrogens is 1. The highest BCUT2D eigenvalue weighted by molar-refractivity contribution is 5.81. The number of hydrogen-bond acceptors (Lipinski definition) is 1. The molecule has 0 amide bonds. The number of para-hydroxylation sites is 1. The number of rotatable bonds is 2. The van der Waals surface area contributed by atoms with Crippen LogP contribution in [0.15, 0.2) is 35.3 Å². The highest BCUT2D eigenvalue weighted by atomic mass is 15.3. The van der Waals surface area contributed by atoms with E-state index in [-0.39, 0.29) is 0 Å². The lowest BCUT2D eigenvalue weighted by Gasteiger charge is -2.22. The number of benzene rings is 1. The van der Waals surface area contributed by atoms with Gasteiger partial charge in [-0.15, -0.1) is 0 Å². The molecule has 1 aromatic carbocycles. The lowest BCUT2D eigenvalue weighted by Crippen LogP contribution is -2.35. The van der Waals surface area contributed by atoms with Crippen molar-refractivity contribution in [2.75, 3.05) is 28.2 Å². The minimum atomic E-state index is 0.667. The number of hydrogen-bond donors (Lipinski definition) is 1. The van der Waals surface area contributed by atoms with Gasteiger partial charge in [0, 0.05) is 39.4 Å². The standard InChI is InChI=1S/C14H20N4/c1-17(2)14(18(3)4)15-10-12-9-11-7-5-6-8-13(11)16-12/h5-9,16H,10H2,1-4H3. The second-order valence-electron chi connectivity index (χ2n) is 4.79. The molecule has 96 valence electrons. The second-order valence-corrected chi connectivity index (χ2v) is 4.79. The molecule has 4 nitrogen and oxygen atoms in total. The van der Waals surface area contributed by atoms with Crippen LogP contribution in [0, 0.1) is 0 Å². The van der Waals surface area contributed by atoms with Gasteiger partial charge in [-0.05, 0) is 17.5 Å². The predicted octanol–water partition coefficient (Wildman–Crippen LogP) is 2.15. The third kappa shape index (κ3) is 2.64. The number of nitrogens with one attached hydrogen (secondary N) is 1. The summed E-state index contributed by atoms with van der Waals surface area (Å²) in [7, 11) is 8.02. The first-order valence-electron chi connectivity index (χ1n) is 6.03. The summed E-state index contributed by atoms with van der Waals surface area (Å²) in [6.07, 6.45) is 0. The summed E-state index contributed by atoms with van der Waals surface area (Å²) in [5, 5.41) is 1.24. The van der Waals surface area contributed by atoms with Crippen molar-refractivity contribution in [2.24, 2.45) is 4.99 Å². The SMILES string of the molecule is CN(C)C(=NCc1cc2ccccc2[nH]1)N(C)C. The maximum Gasteiger partial charge on any atom is 0.195 e. The van der Waals surface area contributed by atoms with E-state index in [0.717, 1.165) is 11.7 Å². The Morgan fingerprint density at radius 2 is 1.78 bits per heavy atom. The summed E-state index contributed by atoms with van der Waals surface area (Å²) in [5.74, 6) is 0.966. The van der Waals surface area contributed by atoms with E-state index in [4.69, 9.17) is 0 Å². The van der Waals surface area contributed by atoms with Gasteiger partial charge in [0.2, 0.25) is 0 Å². The monoisotopic (exact) mass is 244 g/mol. The Hall–Kier alpha value is -1.97. The number of nitrogens with zero attached hydrogens (tertiary/aromatic N) is 3. The molecule has 0 saturated heterocycles. The van der Waals surface area contributed by atoms with Crippen LogP contribution >= 0.6 is 0 Å². The summed E-state index contributed by atoms with van der Waals surface area (Å²) in [6.45, 7) is 0.667. The van der Waals surface area contributed by atoms with Crippen LogP contribution in [-0.4, -0.2) is 48.9 Å². The molecular weight excluding hydrogens is 224 g/mol. The van der Waals surface area contributed by atoms with Crippen molar-refractivity contribution in [3.05, 3.63) is 36.0 Å². The molecule has 1 aromatic heterocycles. The van der Waals surface area contributed by atoms with Gasteiger partial charge in [0.15, 0.2) is 5.96 Å². The van der Waals surface area contributed by atoms with Crippen LogP contribution in [0.25, 0.3) is 10.9 Å². The van der Waals surface area contributed by atoms with Crippen molar-refractivity contribution in [3.63, 3.8) is 0 Å². The molecule has 0 bridgehead atoms. The van der Waals surface area contributed by atoms with E-state index in [1.165, 1.54) is 10.9 Å². The van der Waals surface area contributed by atoms with Crippen molar-refractivity contribution in [2.45, 2.75) is 6.54 Å². The van der Waals surface area contributed by atoms with Gasteiger partial charge in [-0.2, -0.15) is 0 Å². The van der Waals surface area contributed by atoms with Crippen LogP contribution < -0.4 is 0 Å². The van der Waals surface area contributed by atoms with Crippen LogP contribution in [0.2, 0.25) is 0 Å². The van der Waals surface area contributed by atoms with Crippen molar-refractivity contribution in [1.82, 2.24) is 14.8 Å². The molecule has 1 heterocycles. The molecule has 0 unspecified atom stereocenters. The van der Waals surface area contributed by atoms with Gasteiger partial charge in [0.1, 0.15) is 0 Å². The van der Waals surface area contributed by atoms with E-state index in [2.05, 4.69) is 28.2 Å². The Labute approximate surface area is 108 Å². The molecule has 1 N–H and O–H groups in total. The molecular formula is C14H20N4. The van der Waals surface area contributed by atoms with Crippen molar-refractivity contribution in [3.8, 4) is 0 Å². The van der Waals surface area contributed by atoms with Gasteiger partial charge in [-0.1, -0.05) is 18.2 Å². The zero-order chi connectivity index (χ0) is 13.1. The summed E-state index contributed by atoms with van der Waals surface area (Å²) in [5.41, 5.74) is 2.30. The second kappa shape index (κ2) is 5.12. The van der Waals surface area contributed by atoms with E-state index < -0.39 is 0 Å². The van der Waals surface area contributed by atoms with Gasteiger partial charge < -0.3 is 14.8 Å². The fraction of sp³-hybridized carbons (Fsp3) is 0.357. The molecule has 0 spiro atoms. The van der Waals surface area contributed by atoms with Crippen LogP contribution in [0.4, 0.5) is 0 Å². The molecule has 0 saturated carbocycles. The smallest absolute Gasteiger partial charge is 0.195 e. The van der Waals surface area contributed by atoms with Crippen LogP contribution in [0.1, 0.15) is 5.69 Å². The average molecular weight is 244 g/mol. The lowest BCUT2D eigenvalue weighted by atomic mass is 10.2. The summed E-state index contributed by atoms with van der Waals surface area (Å²) >= 11 is 0. The van der Waals surface area contributed by atoms with E-state index >= 15 is 0 Å². The number of guanidine groups is 1. The maximum absolute atomic E-state index is 4.63. The zero-order valence-electron chi connectivity index (χ0n) is 11.4. The number of H-pyrrole nitrogens is 1. The average Bonchev–Trinajstić information content (AvgIpc) is 2.70. The molecule has 0 aliphatic heterocycles. The summed E-state index contributed by atoms with van der Waals surface area (Å²) in [4.78, 5) is 12.0. The number of aliphatic imine (C=N–C) groups is 1. The third-order valence-corrected chi connectivity index (χ3v) is 2.78. The quantitative estimate of drug-likeness (QED) is 0.649. The summed E-state index contributed by atoms with van der Waals surface area (Å²) in [6, 6.07) is 10.4. The van der Waals surface area contributed by atoms with Gasteiger partial charge >= 0.3 is 0 Å². The van der Waals surface area contributed by atoms with Crippen LogP contribution in [0.5, 0.6) is 0 Å². The highest BCUT2D eigenvalue weighted by Crippen LogP contribution is 2.15. The Morgan fingerprint density at radius 1 is 1.11 bits per heavy atom. The molecule has 2 rings (SSSR count). The highest BCUT2D eigenvalue weighted by Gasteiger charge is 2.04. The van der Waals surface area contributed by atoms with Gasteiger partial charge in [-0.3, -0.25) is 0 Å². The van der Waals surface area contributed by atoms with Crippen molar-refractivity contribution in [1.29, 1.82) is 0 Å². The zero-order valence-corrected chi connectivity index (χ0v) is 11.4. The maximum atomic E-state index is 4.63. The minimum Gasteiger partial charge on any atom is -0.357 e. The number of fused-ring (bicyclic) bond motifs is 1. The Balaban J connectivity index is 2.20. The third-order valence-electron chi connectivity index (χ3n) is 2.78. The Bertz CT molecular complexity index is 509. The predicted molar refractivity (Wildman–Crippen MR) is 76.8 cm³/mol. The van der Waals surface area contributed by atoms with Crippen molar-refractivity contribution >= 4 is 16.9 Å².